The predicted octanol–water partition coefficient (Wildman–Crippen LogP) is 4.94. The number of imide groups is 1. The van der Waals surface area contributed by atoms with E-state index in [4.69, 9.17) is 0 Å². The van der Waals surface area contributed by atoms with Crippen molar-refractivity contribution in [3.63, 3.8) is 0 Å². The second-order valence-electron chi connectivity index (χ2n) is 7.91. The van der Waals surface area contributed by atoms with Gasteiger partial charge in [0.25, 0.3) is 5.91 Å². The molecule has 1 aromatic heterocycles. The fraction of sp³-hybridized carbons (Fsp3) is 0.200. The third-order valence-electron chi connectivity index (χ3n) is 5.65. The molecule has 1 N–H and O–H groups in total. The number of carbonyl (C=O) groups excluding carboxylic acids is 2. The van der Waals surface area contributed by atoms with Crippen LogP contribution in [0.1, 0.15) is 33.6 Å². The van der Waals surface area contributed by atoms with E-state index in [0.29, 0.717) is 5.56 Å². The summed E-state index contributed by atoms with van der Waals surface area (Å²) in [6.45, 7) is 8.27. The van der Waals surface area contributed by atoms with Crippen molar-refractivity contribution >= 4 is 18.0 Å². The number of aryl methyl sites for hydroxylation is 3. The van der Waals surface area contributed by atoms with Crippen LogP contribution in [0, 0.1) is 33.5 Å². The van der Waals surface area contributed by atoms with Gasteiger partial charge < -0.3 is 9.88 Å². The average Bonchev–Trinajstić information content (AvgIpc) is 3.14. The molecule has 1 aliphatic rings. The number of benzene rings is 2. The number of nitrogens with zero attached hydrogens (tertiary/aromatic N) is 2. The molecule has 4 rings (SSSR count). The van der Waals surface area contributed by atoms with E-state index in [0.717, 1.165) is 38.7 Å². The number of rotatable bonds is 4. The van der Waals surface area contributed by atoms with E-state index in [1.807, 2.05) is 26.0 Å². The van der Waals surface area contributed by atoms with Gasteiger partial charge in [0.1, 0.15) is 11.5 Å². The summed E-state index contributed by atoms with van der Waals surface area (Å²) in [6.07, 6.45) is 1.72. The lowest BCUT2D eigenvalue weighted by Crippen LogP contribution is -2.30. The Morgan fingerprint density at radius 1 is 0.968 bits per heavy atom. The van der Waals surface area contributed by atoms with Crippen LogP contribution in [0.3, 0.4) is 0 Å². The molecule has 0 bridgehead atoms. The second kappa shape index (κ2) is 7.87. The Bertz CT molecular complexity index is 1200. The number of hydrogen-bond acceptors (Lipinski definition) is 2. The zero-order valence-corrected chi connectivity index (χ0v) is 18.0. The van der Waals surface area contributed by atoms with Crippen molar-refractivity contribution in [2.45, 2.75) is 34.2 Å². The molecule has 1 aliphatic heterocycles. The molecule has 1 saturated heterocycles. The first-order valence-corrected chi connectivity index (χ1v) is 10.1. The Morgan fingerprint density at radius 3 is 2.26 bits per heavy atom. The highest BCUT2D eigenvalue weighted by Crippen LogP contribution is 2.28. The van der Waals surface area contributed by atoms with Gasteiger partial charge in [0.05, 0.1) is 12.2 Å². The van der Waals surface area contributed by atoms with Crippen molar-refractivity contribution in [3.05, 3.63) is 93.7 Å². The summed E-state index contributed by atoms with van der Waals surface area (Å²) in [5, 5.41) is 2.67. The molecule has 0 aliphatic carbocycles. The number of amides is 3. The molecule has 3 aromatic rings. The molecule has 2 aromatic carbocycles. The fourth-order valence-corrected chi connectivity index (χ4v) is 4.08. The Balaban J connectivity index is 1.66. The van der Waals surface area contributed by atoms with Crippen molar-refractivity contribution in [1.82, 2.24) is 14.8 Å². The monoisotopic (exact) mass is 417 g/mol. The predicted molar refractivity (Wildman–Crippen MR) is 118 cm³/mol. The smallest absolute Gasteiger partial charge is 0.317 e. The maximum Gasteiger partial charge on any atom is 0.329 e. The van der Waals surface area contributed by atoms with Crippen molar-refractivity contribution < 1.29 is 14.0 Å². The average molecular weight is 417 g/mol. The number of halogens is 1. The van der Waals surface area contributed by atoms with Gasteiger partial charge in [-0.05, 0) is 74.2 Å². The Kier molecular flexibility index (Phi) is 5.23. The van der Waals surface area contributed by atoms with E-state index in [-0.39, 0.29) is 18.1 Å². The molecule has 6 heteroatoms. The van der Waals surface area contributed by atoms with Gasteiger partial charge in [0.2, 0.25) is 0 Å². The minimum atomic E-state index is -0.482. The molecular formula is C25H24FN3O2. The lowest BCUT2D eigenvalue weighted by molar-refractivity contribution is -0.123. The van der Waals surface area contributed by atoms with Crippen LogP contribution in [0.4, 0.5) is 9.18 Å². The van der Waals surface area contributed by atoms with Gasteiger partial charge >= 0.3 is 6.03 Å². The Labute approximate surface area is 180 Å². The van der Waals surface area contributed by atoms with E-state index < -0.39 is 11.9 Å². The first-order chi connectivity index (χ1) is 14.8. The van der Waals surface area contributed by atoms with E-state index in [2.05, 4.69) is 35.9 Å². The van der Waals surface area contributed by atoms with Gasteiger partial charge in [-0.2, -0.15) is 0 Å². The number of nitrogens with one attached hydrogen (secondary N) is 1. The largest absolute Gasteiger partial charge is 0.329 e. The first kappa shape index (κ1) is 20.6. The number of urea groups is 1. The quantitative estimate of drug-likeness (QED) is 0.483. The van der Waals surface area contributed by atoms with Gasteiger partial charge in [-0.25, -0.2) is 9.18 Å². The number of aromatic nitrogens is 1. The van der Waals surface area contributed by atoms with Gasteiger partial charge in [0, 0.05) is 11.4 Å². The Morgan fingerprint density at radius 2 is 1.61 bits per heavy atom. The molecule has 0 atom stereocenters. The van der Waals surface area contributed by atoms with Gasteiger partial charge in [-0.15, -0.1) is 0 Å². The molecule has 158 valence electrons. The van der Waals surface area contributed by atoms with Crippen molar-refractivity contribution in [1.29, 1.82) is 0 Å². The van der Waals surface area contributed by atoms with Crippen molar-refractivity contribution in [2.75, 3.05) is 0 Å². The Hall–Kier alpha value is -3.67. The van der Waals surface area contributed by atoms with Crippen LogP contribution in [0.25, 0.3) is 11.8 Å². The lowest BCUT2D eigenvalue weighted by Gasteiger charge is -2.15. The van der Waals surface area contributed by atoms with E-state index in [1.165, 1.54) is 12.1 Å². The van der Waals surface area contributed by atoms with Crippen LogP contribution in [-0.4, -0.2) is 21.4 Å². The van der Waals surface area contributed by atoms with Crippen LogP contribution in [-0.2, 0) is 11.3 Å². The fourth-order valence-electron chi connectivity index (χ4n) is 4.08. The zero-order valence-electron chi connectivity index (χ0n) is 18.0. The van der Waals surface area contributed by atoms with Crippen molar-refractivity contribution in [2.24, 2.45) is 0 Å². The minimum Gasteiger partial charge on any atom is -0.317 e. The van der Waals surface area contributed by atoms with Crippen molar-refractivity contribution in [3.8, 4) is 5.69 Å². The van der Waals surface area contributed by atoms with Crippen LogP contribution in [0.2, 0.25) is 0 Å². The van der Waals surface area contributed by atoms with E-state index >= 15 is 0 Å². The van der Waals surface area contributed by atoms with Gasteiger partial charge in [-0.3, -0.25) is 9.69 Å². The SMILES string of the molecule is Cc1cccc(C)c1-n1c(C)cc(/C=C2/NC(=O)N(Cc3ccc(F)cc3)C2=O)c1C. The summed E-state index contributed by atoms with van der Waals surface area (Å²) in [4.78, 5) is 26.4. The normalized spacial score (nSPS) is 15.1. The molecule has 2 heterocycles. The van der Waals surface area contributed by atoms with Crippen LogP contribution < -0.4 is 5.32 Å². The highest BCUT2D eigenvalue weighted by molar-refractivity contribution is 6.14. The lowest BCUT2D eigenvalue weighted by atomic mass is 10.1. The minimum absolute atomic E-state index is 0.0870. The summed E-state index contributed by atoms with van der Waals surface area (Å²) in [5.41, 5.74) is 7.26. The number of carbonyl (C=O) groups is 2. The summed E-state index contributed by atoms with van der Waals surface area (Å²) in [7, 11) is 0. The summed E-state index contributed by atoms with van der Waals surface area (Å²) in [6, 6.07) is 13.5. The number of para-hydroxylation sites is 1. The van der Waals surface area contributed by atoms with Gasteiger partial charge in [-0.1, -0.05) is 30.3 Å². The topological polar surface area (TPSA) is 54.3 Å². The molecule has 0 unspecified atom stereocenters. The summed E-state index contributed by atoms with van der Waals surface area (Å²) < 4.78 is 15.3. The maximum atomic E-state index is 13.1. The third kappa shape index (κ3) is 3.77. The highest BCUT2D eigenvalue weighted by atomic mass is 19.1. The molecule has 0 spiro atoms. The molecular weight excluding hydrogens is 393 g/mol. The zero-order chi connectivity index (χ0) is 22.3. The first-order valence-electron chi connectivity index (χ1n) is 10.1. The molecule has 0 saturated carbocycles. The standard InChI is InChI=1S/C25H24FN3O2/c1-15-6-5-7-16(2)23(15)29-17(3)12-20(18(29)4)13-22-24(30)28(25(31)27-22)14-19-8-10-21(26)11-9-19/h5-13H,14H2,1-4H3,(H,27,31)/b22-13+. The van der Waals surface area contributed by atoms with Crippen LogP contribution in [0.5, 0.6) is 0 Å². The van der Waals surface area contributed by atoms with E-state index in [1.54, 1.807) is 18.2 Å². The third-order valence-corrected chi connectivity index (χ3v) is 5.65. The van der Waals surface area contributed by atoms with E-state index in [9.17, 15) is 14.0 Å². The number of hydrogen-bond donors (Lipinski definition) is 1. The van der Waals surface area contributed by atoms with Crippen LogP contribution in [0.15, 0.2) is 54.2 Å². The van der Waals surface area contributed by atoms with Gasteiger partial charge in [0.15, 0.2) is 0 Å². The molecule has 1 fully saturated rings. The highest BCUT2D eigenvalue weighted by Gasteiger charge is 2.33. The molecule has 3 amide bonds. The molecule has 0 radical (unpaired) electrons. The summed E-state index contributed by atoms with van der Waals surface area (Å²) >= 11 is 0. The molecule has 31 heavy (non-hydrogen) atoms. The second-order valence-corrected chi connectivity index (χ2v) is 7.91. The molecule has 5 nitrogen and oxygen atoms in total. The maximum absolute atomic E-state index is 13.1. The van der Waals surface area contributed by atoms with Crippen LogP contribution >= 0.6 is 0 Å². The summed E-state index contributed by atoms with van der Waals surface area (Å²) in [5.74, 6) is -0.757.